The first-order valence-corrected chi connectivity index (χ1v) is 5.65. The summed E-state index contributed by atoms with van der Waals surface area (Å²) in [5.74, 6) is -1.63. The lowest BCUT2D eigenvalue weighted by molar-refractivity contribution is -0.137. The molecule has 0 aliphatic heterocycles. The molecule has 0 saturated carbocycles. The van der Waals surface area contributed by atoms with E-state index in [0.717, 1.165) is 18.3 Å². The van der Waals surface area contributed by atoms with Gasteiger partial charge in [-0.25, -0.2) is 4.79 Å². The Morgan fingerprint density at radius 2 is 2.05 bits per heavy atom. The van der Waals surface area contributed by atoms with E-state index in [-0.39, 0.29) is 22.6 Å². The number of ether oxygens (including phenoxy) is 1. The minimum absolute atomic E-state index is 0.000417. The fraction of sp³-hybridized carbons (Fsp3) is 0.154. The number of aromatic carboxylic acids is 1. The molecule has 0 unspecified atom stereocenters. The third-order valence-corrected chi connectivity index (χ3v) is 2.73. The molecule has 21 heavy (non-hydrogen) atoms. The largest absolute Gasteiger partial charge is 0.479 e. The summed E-state index contributed by atoms with van der Waals surface area (Å²) in [6, 6.07) is 4.30. The molecule has 0 amide bonds. The number of aromatic nitrogens is 2. The van der Waals surface area contributed by atoms with Crippen molar-refractivity contribution in [2.45, 2.75) is 6.18 Å². The van der Waals surface area contributed by atoms with E-state index in [0.29, 0.717) is 0 Å². The number of nitrogens with zero attached hydrogens (tertiary/aromatic N) is 2. The maximum atomic E-state index is 12.7. The first kappa shape index (κ1) is 14.8. The van der Waals surface area contributed by atoms with E-state index < -0.39 is 17.7 Å². The number of carboxylic acids is 1. The highest BCUT2D eigenvalue weighted by atomic mass is 19.4. The zero-order valence-electron chi connectivity index (χ0n) is 10.7. The molecule has 0 aliphatic carbocycles. The van der Waals surface area contributed by atoms with Crippen LogP contribution in [0.4, 0.5) is 13.2 Å². The number of hydrogen-bond acceptors (Lipinski definition) is 4. The highest BCUT2D eigenvalue weighted by Gasteiger charge is 2.31. The van der Waals surface area contributed by atoms with Gasteiger partial charge in [-0.05, 0) is 17.7 Å². The molecule has 2 rings (SSSR count). The molecule has 5 nitrogen and oxygen atoms in total. The van der Waals surface area contributed by atoms with Gasteiger partial charge >= 0.3 is 12.1 Å². The second-order valence-electron chi connectivity index (χ2n) is 4.03. The molecular weight excluding hydrogens is 289 g/mol. The summed E-state index contributed by atoms with van der Waals surface area (Å²) in [5.41, 5.74) is -1.16. The smallest absolute Gasteiger partial charge is 0.416 e. The van der Waals surface area contributed by atoms with Crippen LogP contribution in [0.2, 0.25) is 0 Å². The van der Waals surface area contributed by atoms with Gasteiger partial charge in [0.1, 0.15) is 5.56 Å². The van der Waals surface area contributed by atoms with E-state index in [9.17, 15) is 23.1 Å². The Morgan fingerprint density at radius 3 is 2.62 bits per heavy atom. The van der Waals surface area contributed by atoms with Crippen LogP contribution in [0, 0.1) is 0 Å². The van der Waals surface area contributed by atoms with Gasteiger partial charge in [0.05, 0.1) is 18.9 Å². The van der Waals surface area contributed by atoms with E-state index in [2.05, 4.69) is 10.2 Å². The van der Waals surface area contributed by atoms with Crippen LogP contribution in [0.15, 0.2) is 30.5 Å². The molecular formula is C13H9F3N2O3. The monoisotopic (exact) mass is 298 g/mol. The van der Waals surface area contributed by atoms with Gasteiger partial charge in [0.15, 0.2) is 0 Å². The van der Waals surface area contributed by atoms with E-state index in [1.807, 2.05) is 0 Å². The van der Waals surface area contributed by atoms with Crippen molar-refractivity contribution in [2.24, 2.45) is 0 Å². The highest BCUT2D eigenvalue weighted by molar-refractivity contribution is 5.98. The zero-order valence-corrected chi connectivity index (χ0v) is 10.7. The molecule has 1 heterocycles. The van der Waals surface area contributed by atoms with Gasteiger partial charge in [-0.1, -0.05) is 12.1 Å². The number of carbonyl (C=O) groups is 1. The summed E-state index contributed by atoms with van der Waals surface area (Å²) in [5, 5.41) is 16.2. The minimum atomic E-state index is -4.52. The average molecular weight is 298 g/mol. The van der Waals surface area contributed by atoms with Crippen molar-refractivity contribution in [2.75, 3.05) is 7.11 Å². The van der Waals surface area contributed by atoms with E-state index >= 15 is 0 Å². The molecule has 8 heteroatoms. The molecule has 1 aromatic carbocycles. The fourth-order valence-corrected chi connectivity index (χ4v) is 1.80. The highest BCUT2D eigenvalue weighted by Crippen LogP contribution is 2.34. The Hall–Kier alpha value is -2.64. The normalized spacial score (nSPS) is 11.2. The van der Waals surface area contributed by atoms with Crippen LogP contribution >= 0.6 is 0 Å². The number of hydrogen-bond donors (Lipinski definition) is 1. The molecule has 0 radical (unpaired) electrons. The van der Waals surface area contributed by atoms with Crippen molar-refractivity contribution >= 4 is 5.97 Å². The molecule has 0 bridgehead atoms. The van der Waals surface area contributed by atoms with Crippen LogP contribution in [0.3, 0.4) is 0 Å². The van der Waals surface area contributed by atoms with E-state index in [4.69, 9.17) is 4.74 Å². The standard InChI is InChI=1S/C13H9F3N2O3/c1-21-11-10(12(19)20)9(6-17-18-11)7-3-2-4-8(5-7)13(14,15)16/h2-6H,1H3,(H,19,20). The quantitative estimate of drug-likeness (QED) is 0.943. The van der Waals surface area contributed by atoms with Crippen LogP contribution in [0.1, 0.15) is 15.9 Å². The molecule has 2 aromatic rings. The lowest BCUT2D eigenvalue weighted by Crippen LogP contribution is -2.08. The third kappa shape index (κ3) is 2.93. The molecule has 1 aromatic heterocycles. The Bertz CT molecular complexity index is 687. The maximum Gasteiger partial charge on any atom is 0.416 e. The van der Waals surface area contributed by atoms with Gasteiger partial charge in [-0.3, -0.25) is 0 Å². The van der Waals surface area contributed by atoms with Crippen LogP contribution in [0.25, 0.3) is 11.1 Å². The second-order valence-corrected chi connectivity index (χ2v) is 4.03. The van der Waals surface area contributed by atoms with Crippen molar-refractivity contribution in [3.63, 3.8) is 0 Å². The molecule has 110 valence electrons. The number of benzene rings is 1. The number of rotatable bonds is 3. The van der Waals surface area contributed by atoms with Crippen molar-refractivity contribution < 1.29 is 27.8 Å². The van der Waals surface area contributed by atoms with Crippen LogP contribution in [0.5, 0.6) is 5.88 Å². The van der Waals surface area contributed by atoms with Crippen LogP contribution in [-0.4, -0.2) is 28.4 Å². The number of carboxylic acid groups (broad SMARTS) is 1. The third-order valence-electron chi connectivity index (χ3n) is 2.73. The molecule has 0 spiro atoms. The topological polar surface area (TPSA) is 72.3 Å². The van der Waals surface area contributed by atoms with E-state index in [1.54, 1.807) is 0 Å². The predicted octanol–water partition coefficient (Wildman–Crippen LogP) is 2.87. The van der Waals surface area contributed by atoms with Crippen molar-refractivity contribution in [3.8, 4) is 17.0 Å². The van der Waals surface area contributed by atoms with Gasteiger partial charge in [-0.2, -0.15) is 18.3 Å². The predicted molar refractivity (Wildman–Crippen MR) is 66.0 cm³/mol. The molecule has 1 N–H and O–H groups in total. The Balaban J connectivity index is 2.65. The summed E-state index contributed by atoms with van der Waals surface area (Å²) in [6.07, 6.45) is -3.44. The van der Waals surface area contributed by atoms with Gasteiger partial charge in [0.2, 0.25) is 5.88 Å². The SMILES string of the molecule is COc1nncc(-c2cccc(C(F)(F)F)c2)c1C(=O)O. The maximum absolute atomic E-state index is 12.7. The summed E-state index contributed by atoms with van der Waals surface area (Å²) < 4.78 is 42.9. The molecule has 0 saturated heterocycles. The minimum Gasteiger partial charge on any atom is -0.479 e. The summed E-state index contributed by atoms with van der Waals surface area (Å²) >= 11 is 0. The Kier molecular flexibility index (Phi) is 3.79. The summed E-state index contributed by atoms with van der Waals surface area (Å²) in [7, 11) is 1.20. The molecule has 0 fully saturated rings. The van der Waals surface area contributed by atoms with Crippen LogP contribution < -0.4 is 4.74 Å². The van der Waals surface area contributed by atoms with Gasteiger partial charge in [0, 0.05) is 5.56 Å². The number of halogens is 3. The summed E-state index contributed by atoms with van der Waals surface area (Å²) in [6.45, 7) is 0. The molecule has 0 aliphatic rings. The van der Waals surface area contributed by atoms with Gasteiger partial charge in [-0.15, -0.1) is 5.10 Å². The second kappa shape index (κ2) is 5.39. The first-order valence-electron chi connectivity index (χ1n) is 5.65. The van der Waals surface area contributed by atoms with E-state index in [1.165, 1.54) is 19.2 Å². The zero-order chi connectivity index (χ0) is 15.6. The number of alkyl halides is 3. The average Bonchev–Trinajstić information content (AvgIpc) is 2.45. The lowest BCUT2D eigenvalue weighted by Gasteiger charge is -2.11. The Morgan fingerprint density at radius 1 is 1.33 bits per heavy atom. The fourth-order valence-electron chi connectivity index (χ4n) is 1.80. The van der Waals surface area contributed by atoms with Crippen molar-refractivity contribution in [1.29, 1.82) is 0 Å². The number of methoxy groups -OCH3 is 1. The van der Waals surface area contributed by atoms with Crippen molar-refractivity contribution in [3.05, 3.63) is 41.6 Å². The lowest BCUT2D eigenvalue weighted by atomic mass is 10.0. The Labute approximate surface area is 117 Å². The molecule has 0 atom stereocenters. The van der Waals surface area contributed by atoms with Gasteiger partial charge < -0.3 is 9.84 Å². The van der Waals surface area contributed by atoms with Crippen LogP contribution in [-0.2, 0) is 6.18 Å². The van der Waals surface area contributed by atoms with Crippen molar-refractivity contribution in [1.82, 2.24) is 10.2 Å². The summed E-state index contributed by atoms with van der Waals surface area (Å²) in [4.78, 5) is 11.3. The first-order chi connectivity index (χ1) is 9.84. The van der Waals surface area contributed by atoms with Gasteiger partial charge in [0.25, 0.3) is 0 Å².